The minimum atomic E-state index is -2.10. The molecule has 3 heterocycles. The number of thioether (sulfide) groups is 1. The third-order valence-corrected chi connectivity index (χ3v) is 13.3. The van der Waals surface area contributed by atoms with E-state index in [1.54, 1.807) is 6.20 Å². The van der Waals surface area contributed by atoms with Crippen molar-refractivity contribution >= 4 is 32.0 Å². The van der Waals surface area contributed by atoms with Crippen LogP contribution in [0.25, 0.3) is 0 Å². The maximum absolute atomic E-state index is 13.3. The molecule has 188 valence electrons. The Morgan fingerprint density at radius 3 is 2.56 bits per heavy atom. The topological polar surface area (TPSA) is 100.0 Å². The fraction of sp³-hybridized carbons (Fsp3) is 0.640. The summed E-state index contributed by atoms with van der Waals surface area (Å²) in [7, 11) is -2.10. The van der Waals surface area contributed by atoms with Crippen LogP contribution in [0, 0.1) is 11.8 Å². The summed E-state index contributed by atoms with van der Waals surface area (Å²) >= 11 is 1.47. The van der Waals surface area contributed by atoms with Crippen molar-refractivity contribution in [2.45, 2.75) is 83.0 Å². The zero-order valence-electron chi connectivity index (χ0n) is 21.1. The van der Waals surface area contributed by atoms with Crippen molar-refractivity contribution in [2.75, 3.05) is 6.61 Å². The Balaban J connectivity index is 1.89. The maximum atomic E-state index is 13.3. The van der Waals surface area contributed by atoms with Crippen molar-refractivity contribution in [1.29, 1.82) is 0 Å². The van der Waals surface area contributed by atoms with Gasteiger partial charge in [-0.1, -0.05) is 33.3 Å². The van der Waals surface area contributed by atoms with Gasteiger partial charge in [-0.25, -0.2) is 4.79 Å². The van der Waals surface area contributed by atoms with Crippen molar-refractivity contribution in [3.05, 3.63) is 40.7 Å². The number of carboxylic acids is 1. The molecule has 0 aliphatic carbocycles. The second-order valence-corrected chi connectivity index (χ2v) is 16.5. The second-order valence-electron chi connectivity index (χ2n) is 10.8. The van der Waals surface area contributed by atoms with Crippen LogP contribution in [-0.2, 0) is 19.8 Å². The Bertz CT molecular complexity index is 931. The molecule has 2 aliphatic heterocycles. The molecule has 2 aliphatic rings. The van der Waals surface area contributed by atoms with E-state index in [-0.39, 0.29) is 47.2 Å². The van der Waals surface area contributed by atoms with E-state index < -0.39 is 14.3 Å². The first-order valence-corrected chi connectivity index (χ1v) is 15.9. The van der Waals surface area contributed by atoms with Crippen LogP contribution >= 0.6 is 11.8 Å². The summed E-state index contributed by atoms with van der Waals surface area (Å²) in [5, 5.41) is 19.4. The van der Waals surface area contributed by atoms with Crippen molar-refractivity contribution in [3.63, 3.8) is 0 Å². The number of β-lactam (4-membered cyclic amide) rings is 1. The molecule has 1 amide bonds. The van der Waals surface area contributed by atoms with E-state index >= 15 is 0 Å². The highest BCUT2D eigenvalue weighted by Gasteiger charge is 2.61. The lowest BCUT2D eigenvalue weighted by Gasteiger charge is -2.50. The minimum absolute atomic E-state index is 0.0120. The molecule has 1 aromatic rings. The maximum Gasteiger partial charge on any atom is 0.353 e. The SMILES string of the molecule is C[C@@H](O[Si](C)(C)C(C)(C)C)[C@H]1C(=O)N2C(C(=O)O)=C(SCc3ccccn3)[C@H](CCCCO)[C@H]12. The molecule has 1 fully saturated rings. The van der Waals surface area contributed by atoms with Gasteiger partial charge in [0.2, 0.25) is 5.91 Å². The van der Waals surface area contributed by atoms with Crippen molar-refractivity contribution in [3.8, 4) is 0 Å². The van der Waals surface area contributed by atoms with Crippen LogP contribution in [0.15, 0.2) is 35.0 Å². The number of aliphatic hydroxyl groups excluding tert-OH is 1. The lowest BCUT2D eigenvalue weighted by molar-refractivity contribution is -0.162. The van der Waals surface area contributed by atoms with Gasteiger partial charge in [-0.05, 0) is 50.0 Å². The lowest BCUT2D eigenvalue weighted by Crippen LogP contribution is -2.65. The van der Waals surface area contributed by atoms with Gasteiger partial charge in [0.1, 0.15) is 5.70 Å². The molecule has 0 radical (unpaired) electrons. The molecule has 0 spiro atoms. The highest BCUT2D eigenvalue weighted by atomic mass is 32.2. The molecule has 0 aromatic carbocycles. The van der Waals surface area contributed by atoms with E-state index in [0.29, 0.717) is 12.2 Å². The molecular weight excluding hydrogens is 468 g/mol. The monoisotopic (exact) mass is 506 g/mol. The first kappa shape index (κ1) is 26.9. The number of aliphatic carboxylic acids is 1. The first-order valence-electron chi connectivity index (χ1n) is 12.0. The number of nitrogens with zero attached hydrogens (tertiary/aromatic N) is 2. The Morgan fingerprint density at radius 1 is 1.29 bits per heavy atom. The predicted molar refractivity (Wildman–Crippen MR) is 136 cm³/mol. The van der Waals surface area contributed by atoms with Crippen LogP contribution in [0.3, 0.4) is 0 Å². The number of rotatable bonds is 11. The molecular formula is C25H38N2O5SSi. The molecule has 9 heteroatoms. The summed E-state index contributed by atoms with van der Waals surface area (Å²) in [6, 6.07) is 5.46. The van der Waals surface area contributed by atoms with Gasteiger partial charge in [0.25, 0.3) is 0 Å². The summed E-state index contributed by atoms with van der Waals surface area (Å²) in [5.41, 5.74) is 0.978. The quantitative estimate of drug-likeness (QED) is 0.256. The van der Waals surface area contributed by atoms with E-state index in [4.69, 9.17) is 4.43 Å². The molecule has 34 heavy (non-hydrogen) atoms. The van der Waals surface area contributed by atoms with Crippen molar-refractivity contribution in [2.24, 2.45) is 11.8 Å². The average molecular weight is 507 g/mol. The van der Waals surface area contributed by atoms with Crippen molar-refractivity contribution < 1.29 is 24.2 Å². The van der Waals surface area contributed by atoms with E-state index in [9.17, 15) is 19.8 Å². The second kappa shape index (κ2) is 10.5. The van der Waals surface area contributed by atoms with Crippen LogP contribution < -0.4 is 0 Å². The minimum Gasteiger partial charge on any atom is -0.477 e. The Hall–Kier alpha value is -1.68. The Kier molecular flexibility index (Phi) is 8.32. The summed E-state index contributed by atoms with van der Waals surface area (Å²) in [6.07, 6.45) is 3.58. The zero-order valence-corrected chi connectivity index (χ0v) is 22.9. The van der Waals surface area contributed by atoms with Crippen LogP contribution in [0.1, 0.15) is 52.7 Å². The molecule has 7 nitrogen and oxygen atoms in total. The number of hydrogen-bond donors (Lipinski definition) is 2. The largest absolute Gasteiger partial charge is 0.477 e. The van der Waals surface area contributed by atoms with Crippen LogP contribution in [-0.4, -0.2) is 59.0 Å². The van der Waals surface area contributed by atoms with Gasteiger partial charge in [-0.2, -0.15) is 0 Å². The molecule has 1 aromatic heterocycles. The average Bonchev–Trinajstić information content (AvgIpc) is 3.02. The Morgan fingerprint density at radius 2 is 2.00 bits per heavy atom. The van der Waals surface area contributed by atoms with Crippen molar-refractivity contribution in [1.82, 2.24) is 9.88 Å². The number of carbonyl (C=O) groups excluding carboxylic acids is 1. The van der Waals surface area contributed by atoms with Gasteiger partial charge in [0.05, 0.1) is 23.8 Å². The van der Waals surface area contributed by atoms with E-state index in [2.05, 4.69) is 38.8 Å². The molecule has 1 saturated heterocycles. The molecule has 4 atom stereocenters. The highest BCUT2D eigenvalue weighted by Crippen LogP contribution is 2.53. The number of amides is 1. The summed E-state index contributed by atoms with van der Waals surface area (Å²) < 4.78 is 6.59. The fourth-order valence-electron chi connectivity index (χ4n) is 4.66. The molecule has 2 N–H and O–H groups in total. The predicted octanol–water partition coefficient (Wildman–Crippen LogP) is 4.64. The summed E-state index contributed by atoms with van der Waals surface area (Å²) in [4.78, 5) is 32.3. The van der Waals surface area contributed by atoms with Crippen LogP contribution in [0.5, 0.6) is 0 Å². The van der Waals surface area contributed by atoms with Gasteiger partial charge in [-0.15, -0.1) is 11.8 Å². The van der Waals surface area contributed by atoms with Gasteiger partial charge in [-0.3, -0.25) is 9.78 Å². The third-order valence-electron chi connectivity index (χ3n) is 7.43. The van der Waals surface area contributed by atoms with E-state index in [1.807, 2.05) is 25.1 Å². The number of aliphatic hydroxyl groups is 1. The number of aromatic nitrogens is 1. The van der Waals surface area contributed by atoms with Gasteiger partial charge >= 0.3 is 5.97 Å². The Labute approximate surface area is 208 Å². The number of pyridine rings is 1. The van der Waals surface area contributed by atoms with Gasteiger partial charge in [0.15, 0.2) is 8.32 Å². The summed E-state index contributed by atoms with van der Waals surface area (Å²) in [6.45, 7) is 12.9. The normalized spacial score (nSPS) is 23.7. The number of fused-ring (bicyclic) bond motifs is 1. The number of carbonyl (C=O) groups is 2. The van der Waals surface area contributed by atoms with Gasteiger partial charge in [0, 0.05) is 29.4 Å². The zero-order chi connectivity index (χ0) is 25.3. The smallest absolute Gasteiger partial charge is 0.353 e. The first-order chi connectivity index (χ1) is 15.9. The summed E-state index contributed by atoms with van der Waals surface area (Å²) in [5.74, 6) is -1.13. The van der Waals surface area contributed by atoms with Crippen LogP contribution in [0.2, 0.25) is 18.1 Å². The number of hydrogen-bond acceptors (Lipinski definition) is 6. The van der Waals surface area contributed by atoms with E-state index in [0.717, 1.165) is 23.4 Å². The third kappa shape index (κ3) is 5.27. The number of carboxylic acid groups (broad SMARTS) is 1. The molecule has 0 bridgehead atoms. The molecule has 0 saturated carbocycles. The highest BCUT2D eigenvalue weighted by molar-refractivity contribution is 8.02. The van der Waals surface area contributed by atoms with Crippen LogP contribution in [0.4, 0.5) is 0 Å². The standard InChI is InChI=1S/C25H38N2O5SSi/c1-16(32-34(5,6)25(2,3)4)19-20-18(12-8-10-14-28)22(21(24(30)31)27(20)23(19)29)33-15-17-11-7-9-13-26-17/h7,9,11,13,16,18-20,28H,8,10,12,14-15H2,1-6H3,(H,30,31)/t16-,18-,19-,20-/m1/s1. The number of unbranched alkanes of at least 4 members (excludes halogenated alkanes) is 1. The lowest BCUT2D eigenvalue weighted by atomic mass is 9.77. The van der Waals surface area contributed by atoms with E-state index in [1.165, 1.54) is 16.7 Å². The molecule has 3 rings (SSSR count). The molecule has 0 unspecified atom stereocenters. The fourth-order valence-corrected chi connectivity index (χ4v) is 7.36. The van der Waals surface area contributed by atoms with Gasteiger partial charge < -0.3 is 19.5 Å².